The van der Waals surface area contributed by atoms with Crippen LogP contribution in [-0.2, 0) is 17.8 Å². The van der Waals surface area contributed by atoms with E-state index in [4.69, 9.17) is 0 Å². The number of aromatic amines is 1. The first-order valence-electron chi connectivity index (χ1n) is 8.80. The minimum Gasteiger partial charge on any atom is -0.345 e. The third-order valence-corrected chi connectivity index (χ3v) is 4.98. The Kier molecular flexibility index (Phi) is 5.13. The van der Waals surface area contributed by atoms with Crippen LogP contribution in [-0.4, -0.2) is 51.9 Å². The van der Waals surface area contributed by atoms with Gasteiger partial charge in [-0.3, -0.25) is 9.69 Å². The van der Waals surface area contributed by atoms with Gasteiger partial charge in [-0.1, -0.05) is 19.8 Å². The number of aromatic nitrogens is 2. The first kappa shape index (κ1) is 15.5. The van der Waals surface area contributed by atoms with Gasteiger partial charge in [0.1, 0.15) is 5.82 Å². The molecule has 2 aliphatic rings. The Labute approximate surface area is 133 Å². The van der Waals surface area contributed by atoms with Gasteiger partial charge in [0.25, 0.3) is 0 Å². The highest BCUT2D eigenvalue weighted by atomic mass is 16.2. The smallest absolute Gasteiger partial charge is 0.225 e. The van der Waals surface area contributed by atoms with Crippen molar-refractivity contribution in [1.82, 2.24) is 19.8 Å². The molecule has 1 saturated carbocycles. The molecule has 3 rings (SSSR count). The molecule has 0 atom stereocenters. The maximum absolute atomic E-state index is 12.2. The molecule has 1 N–H and O–H groups in total. The molecule has 1 amide bonds. The third-order valence-electron chi connectivity index (χ3n) is 4.98. The fraction of sp³-hybridized carbons (Fsp3) is 0.765. The molecule has 2 heterocycles. The Hall–Kier alpha value is -1.36. The zero-order valence-electron chi connectivity index (χ0n) is 13.7. The SMILES string of the molecule is CCCCc1ncc(CN2CCN(C(=O)C3CCC3)CC2)[nH]1. The summed E-state index contributed by atoms with van der Waals surface area (Å²) >= 11 is 0. The van der Waals surface area contributed by atoms with E-state index in [0.29, 0.717) is 11.8 Å². The molecular formula is C17H28N4O. The maximum Gasteiger partial charge on any atom is 0.225 e. The number of imidazole rings is 1. The normalized spacial score (nSPS) is 20.1. The molecular weight excluding hydrogens is 276 g/mol. The summed E-state index contributed by atoms with van der Waals surface area (Å²) in [6, 6.07) is 0. The summed E-state index contributed by atoms with van der Waals surface area (Å²) in [4.78, 5) is 24.6. The van der Waals surface area contributed by atoms with Gasteiger partial charge in [0.15, 0.2) is 0 Å². The van der Waals surface area contributed by atoms with Gasteiger partial charge in [-0.25, -0.2) is 4.98 Å². The van der Waals surface area contributed by atoms with Crippen molar-refractivity contribution in [3.8, 4) is 0 Å². The molecule has 1 aliphatic heterocycles. The molecule has 0 radical (unpaired) electrons. The van der Waals surface area contributed by atoms with E-state index in [-0.39, 0.29) is 0 Å². The number of unbranched alkanes of at least 4 members (excludes halogenated alkanes) is 1. The zero-order valence-corrected chi connectivity index (χ0v) is 13.7. The first-order chi connectivity index (χ1) is 10.8. The van der Waals surface area contributed by atoms with Gasteiger partial charge < -0.3 is 9.88 Å². The van der Waals surface area contributed by atoms with Crippen molar-refractivity contribution in [2.24, 2.45) is 5.92 Å². The van der Waals surface area contributed by atoms with Crippen LogP contribution in [0.15, 0.2) is 6.20 Å². The lowest BCUT2D eigenvalue weighted by molar-refractivity contribution is -0.140. The molecule has 0 aromatic carbocycles. The number of rotatable bonds is 6. The maximum atomic E-state index is 12.2. The highest BCUT2D eigenvalue weighted by Crippen LogP contribution is 2.28. The summed E-state index contributed by atoms with van der Waals surface area (Å²) in [6.45, 7) is 6.83. The molecule has 122 valence electrons. The molecule has 2 fully saturated rings. The van der Waals surface area contributed by atoms with E-state index in [0.717, 1.165) is 57.8 Å². The van der Waals surface area contributed by atoms with E-state index in [1.165, 1.54) is 25.0 Å². The number of hydrogen-bond donors (Lipinski definition) is 1. The molecule has 1 aromatic heterocycles. The van der Waals surface area contributed by atoms with Gasteiger partial charge in [0.2, 0.25) is 5.91 Å². The molecule has 0 bridgehead atoms. The Bertz CT molecular complexity index is 487. The number of H-pyrrole nitrogens is 1. The van der Waals surface area contributed by atoms with Crippen LogP contribution in [0.1, 0.15) is 50.5 Å². The summed E-state index contributed by atoms with van der Waals surface area (Å²) in [5.41, 5.74) is 1.20. The van der Waals surface area contributed by atoms with Crippen LogP contribution in [0.4, 0.5) is 0 Å². The van der Waals surface area contributed by atoms with E-state index in [1.807, 2.05) is 6.20 Å². The lowest BCUT2D eigenvalue weighted by Gasteiger charge is -2.38. The topological polar surface area (TPSA) is 52.2 Å². The van der Waals surface area contributed by atoms with Crippen LogP contribution in [0.3, 0.4) is 0 Å². The molecule has 5 heteroatoms. The predicted molar refractivity (Wildman–Crippen MR) is 86.4 cm³/mol. The highest BCUT2D eigenvalue weighted by Gasteiger charge is 2.31. The van der Waals surface area contributed by atoms with E-state index in [9.17, 15) is 4.79 Å². The number of amides is 1. The second kappa shape index (κ2) is 7.27. The molecule has 22 heavy (non-hydrogen) atoms. The van der Waals surface area contributed by atoms with Crippen molar-refractivity contribution in [2.75, 3.05) is 26.2 Å². The van der Waals surface area contributed by atoms with Gasteiger partial charge in [0, 0.05) is 57.0 Å². The Morgan fingerprint density at radius 1 is 1.32 bits per heavy atom. The van der Waals surface area contributed by atoms with Crippen molar-refractivity contribution >= 4 is 5.91 Å². The number of aryl methyl sites for hydroxylation is 1. The van der Waals surface area contributed by atoms with E-state index in [2.05, 4.69) is 26.7 Å². The van der Waals surface area contributed by atoms with Gasteiger partial charge >= 0.3 is 0 Å². The van der Waals surface area contributed by atoms with Crippen molar-refractivity contribution in [1.29, 1.82) is 0 Å². The Morgan fingerprint density at radius 2 is 2.09 bits per heavy atom. The highest BCUT2D eigenvalue weighted by molar-refractivity contribution is 5.79. The van der Waals surface area contributed by atoms with Crippen LogP contribution >= 0.6 is 0 Å². The number of nitrogens with one attached hydrogen (secondary N) is 1. The van der Waals surface area contributed by atoms with Crippen LogP contribution in [0.25, 0.3) is 0 Å². The van der Waals surface area contributed by atoms with Crippen molar-refractivity contribution in [3.63, 3.8) is 0 Å². The summed E-state index contributed by atoms with van der Waals surface area (Å²) < 4.78 is 0. The number of hydrogen-bond acceptors (Lipinski definition) is 3. The number of piperazine rings is 1. The fourth-order valence-corrected chi connectivity index (χ4v) is 3.24. The van der Waals surface area contributed by atoms with Gasteiger partial charge in [-0.15, -0.1) is 0 Å². The standard InChI is InChI=1S/C17H28N4O/c1-2-3-7-16-18-12-15(19-16)13-20-8-10-21(11-9-20)17(22)14-5-4-6-14/h12,14H,2-11,13H2,1H3,(H,18,19). The average Bonchev–Trinajstić information content (AvgIpc) is 2.91. The molecule has 1 saturated heterocycles. The number of nitrogens with zero attached hydrogens (tertiary/aromatic N) is 3. The van der Waals surface area contributed by atoms with Crippen molar-refractivity contribution in [3.05, 3.63) is 17.7 Å². The second-order valence-corrected chi connectivity index (χ2v) is 6.69. The minimum absolute atomic E-state index is 0.334. The summed E-state index contributed by atoms with van der Waals surface area (Å²) in [7, 11) is 0. The molecule has 5 nitrogen and oxygen atoms in total. The zero-order chi connectivity index (χ0) is 15.4. The molecule has 1 aromatic rings. The van der Waals surface area contributed by atoms with Gasteiger partial charge in [-0.05, 0) is 19.3 Å². The van der Waals surface area contributed by atoms with Gasteiger partial charge in [-0.2, -0.15) is 0 Å². The number of carbonyl (C=O) groups is 1. The summed E-state index contributed by atoms with van der Waals surface area (Å²) in [6.07, 6.45) is 8.84. The van der Waals surface area contributed by atoms with Crippen LogP contribution < -0.4 is 0 Å². The quantitative estimate of drug-likeness (QED) is 0.876. The van der Waals surface area contributed by atoms with E-state index in [1.54, 1.807) is 0 Å². The predicted octanol–water partition coefficient (Wildman–Crippen LogP) is 2.20. The fourth-order valence-electron chi connectivity index (χ4n) is 3.24. The van der Waals surface area contributed by atoms with Gasteiger partial charge in [0.05, 0.1) is 0 Å². The van der Waals surface area contributed by atoms with Crippen LogP contribution in [0, 0.1) is 5.92 Å². The minimum atomic E-state index is 0.334. The first-order valence-corrected chi connectivity index (χ1v) is 8.80. The average molecular weight is 304 g/mol. The van der Waals surface area contributed by atoms with Crippen LogP contribution in [0.5, 0.6) is 0 Å². The monoisotopic (exact) mass is 304 g/mol. The van der Waals surface area contributed by atoms with E-state index < -0.39 is 0 Å². The van der Waals surface area contributed by atoms with Crippen molar-refractivity contribution in [2.45, 2.75) is 52.0 Å². The molecule has 0 spiro atoms. The second-order valence-electron chi connectivity index (χ2n) is 6.69. The number of carbonyl (C=O) groups excluding carboxylic acids is 1. The Morgan fingerprint density at radius 3 is 2.73 bits per heavy atom. The summed E-state index contributed by atoms with van der Waals surface area (Å²) in [5, 5.41) is 0. The lowest BCUT2D eigenvalue weighted by atomic mass is 9.84. The lowest BCUT2D eigenvalue weighted by Crippen LogP contribution is -2.50. The molecule has 1 aliphatic carbocycles. The van der Waals surface area contributed by atoms with Crippen LogP contribution in [0.2, 0.25) is 0 Å². The van der Waals surface area contributed by atoms with E-state index >= 15 is 0 Å². The third kappa shape index (κ3) is 3.69. The summed E-state index contributed by atoms with van der Waals surface area (Å²) in [5.74, 6) is 1.84. The largest absolute Gasteiger partial charge is 0.345 e. The molecule has 0 unspecified atom stereocenters. The Balaban J connectivity index is 1.43. The van der Waals surface area contributed by atoms with Crippen molar-refractivity contribution < 1.29 is 4.79 Å².